The maximum atomic E-state index is 12.6. The third-order valence-electron chi connectivity index (χ3n) is 4.52. The smallest absolute Gasteiger partial charge is 0.286 e. The van der Waals surface area contributed by atoms with Gasteiger partial charge in [0.05, 0.1) is 5.92 Å². The Morgan fingerprint density at radius 1 is 1.12 bits per heavy atom. The molecule has 26 heavy (non-hydrogen) atoms. The molecule has 1 fully saturated rings. The number of amides is 3. The number of hydrazine groups is 1. The second kappa shape index (κ2) is 7.86. The number of H-pyrrole nitrogens is 1. The summed E-state index contributed by atoms with van der Waals surface area (Å²) in [5, 5.41) is 0. The van der Waals surface area contributed by atoms with Crippen molar-refractivity contribution in [3.63, 3.8) is 0 Å². The van der Waals surface area contributed by atoms with Crippen molar-refractivity contribution in [3.05, 3.63) is 59.4 Å². The Balaban J connectivity index is 1.55. The summed E-state index contributed by atoms with van der Waals surface area (Å²) < 4.78 is 0. The first-order valence-corrected chi connectivity index (χ1v) is 8.64. The molecule has 3 N–H and O–H groups in total. The molecule has 136 valence electrons. The number of hydrogen-bond acceptors (Lipinski definition) is 3. The zero-order chi connectivity index (χ0) is 18.5. The van der Waals surface area contributed by atoms with E-state index in [0.717, 1.165) is 12.0 Å². The van der Waals surface area contributed by atoms with E-state index in [2.05, 4.69) is 15.8 Å². The summed E-state index contributed by atoms with van der Waals surface area (Å²) in [5.74, 6) is -1.11. The molecule has 0 bridgehead atoms. The molecule has 1 saturated heterocycles. The van der Waals surface area contributed by atoms with Gasteiger partial charge in [-0.25, -0.2) is 0 Å². The molecule has 1 aliphatic heterocycles. The number of hydrogen-bond donors (Lipinski definition) is 3. The van der Waals surface area contributed by atoms with Crippen LogP contribution in [0.3, 0.4) is 0 Å². The molecule has 0 spiro atoms. The van der Waals surface area contributed by atoms with E-state index in [4.69, 9.17) is 0 Å². The molecular weight excluding hydrogens is 332 g/mol. The molecule has 7 nitrogen and oxygen atoms in total. The van der Waals surface area contributed by atoms with E-state index in [1.807, 2.05) is 19.1 Å². The molecular formula is C19H22N4O3. The molecule has 3 amide bonds. The van der Waals surface area contributed by atoms with Crippen LogP contribution < -0.4 is 10.9 Å². The van der Waals surface area contributed by atoms with Gasteiger partial charge in [0.15, 0.2) is 0 Å². The largest absolute Gasteiger partial charge is 0.357 e. The van der Waals surface area contributed by atoms with Crippen molar-refractivity contribution in [2.45, 2.75) is 19.8 Å². The highest BCUT2D eigenvalue weighted by atomic mass is 16.2. The first kappa shape index (κ1) is 17.7. The number of aromatic nitrogens is 1. The quantitative estimate of drug-likeness (QED) is 0.731. The summed E-state index contributed by atoms with van der Waals surface area (Å²) in [6.07, 6.45) is 3.06. The maximum Gasteiger partial charge on any atom is 0.286 e. The number of carbonyl (C=O) groups excluding carboxylic acids is 3. The molecule has 1 aromatic heterocycles. The van der Waals surface area contributed by atoms with E-state index in [9.17, 15) is 14.4 Å². The fraction of sp³-hybridized carbons (Fsp3) is 0.316. The fourth-order valence-electron chi connectivity index (χ4n) is 3.01. The standard InChI is InChI=1S/C19H22N4O3/c1-13-6-8-14(9-7-13)19(26)23-11-3-4-15(12-23)17(24)21-22-18(25)16-5-2-10-20-16/h2,5-10,15,20H,3-4,11-12H2,1H3,(H,21,24)(H,22,25). The molecule has 1 unspecified atom stereocenters. The minimum absolute atomic E-state index is 0.0714. The predicted molar refractivity (Wildman–Crippen MR) is 96.2 cm³/mol. The molecule has 7 heteroatoms. The predicted octanol–water partition coefficient (Wildman–Crippen LogP) is 1.64. The zero-order valence-electron chi connectivity index (χ0n) is 14.6. The van der Waals surface area contributed by atoms with Gasteiger partial charge in [-0.1, -0.05) is 17.7 Å². The minimum atomic E-state index is -0.410. The first-order chi connectivity index (χ1) is 12.5. The van der Waals surface area contributed by atoms with Crippen LogP contribution in [0.4, 0.5) is 0 Å². The molecule has 1 aliphatic rings. The molecule has 0 saturated carbocycles. The number of likely N-dealkylation sites (tertiary alicyclic amines) is 1. The maximum absolute atomic E-state index is 12.6. The number of nitrogens with zero attached hydrogens (tertiary/aromatic N) is 1. The van der Waals surface area contributed by atoms with Crippen molar-refractivity contribution in [1.29, 1.82) is 0 Å². The zero-order valence-corrected chi connectivity index (χ0v) is 14.6. The average molecular weight is 354 g/mol. The van der Waals surface area contributed by atoms with Gasteiger partial charge in [-0.15, -0.1) is 0 Å². The van der Waals surface area contributed by atoms with Crippen LogP contribution in [0, 0.1) is 12.8 Å². The van der Waals surface area contributed by atoms with E-state index in [1.165, 1.54) is 0 Å². The number of nitrogens with one attached hydrogen (secondary N) is 3. The molecule has 2 aromatic rings. The average Bonchev–Trinajstić information content (AvgIpc) is 3.21. The highest BCUT2D eigenvalue weighted by Gasteiger charge is 2.29. The molecule has 3 rings (SSSR count). The van der Waals surface area contributed by atoms with Gasteiger partial charge in [0.1, 0.15) is 5.69 Å². The number of aromatic amines is 1. The minimum Gasteiger partial charge on any atom is -0.357 e. The number of aryl methyl sites for hydroxylation is 1. The van der Waals surface area contributed by atoms with E-state index >= 15 is 0 Å². The third-order valence-corrected chi connectivity index (χ3v) is 4.52. The molecule has 0 aliphatic carbocycles. The molecule has 0 radical (unpaired) electrons. The normalized spacial score (nSPS) is 16.8. The van der Waals surface area contributed by atoms with Crippen LogP contribution in [0.25, 0.3) is 0 Å². The van der Waals surface area contributed by atoms with Gasteiger partial charge in [-0.05, 0) is 44.0 Å². The highest BCUT2D eigenvalue weighted by molar-refractivity contribution is 5.95. The lowest BCUT2D eigenvalue weighted by molar-refractivity contribution is -0.127. The third kappa shape index (κ3) is 4.11. The monoisotopic (exact) mass is 354 g/mol. The molecule has 1 aromatic carbocycles. The van der Waals surface area contributed by atoms with Gasteiger partial charge in [-0.3, -0.25) is 25.2 Å². The molecule has 2 heterocycles. The SMILES string of the molecule is Cc1ccc(C(=O)N2CCCC(C(=O)NNC(=O)c3ccc[nH]3)C2)cc1. The second-order valence-electron chi connectivity index (χ2n) is 6.48. The summed E-state index contributed by atoms with van der Waals surface area (Å²) in [4.78, 5) is 41.3. The van der Waals surface area contributed by atoms with E-state index in [-0.39, 0.29) is 17.7 Å². The van der Waals surface area contributed by atoms with Gasteiger partial charge in [0.2, 0.25) is 5.91 Å². The van der Waals surface area contributed by atoms with Crippen LogP contribution >= 0.6 is 0 Å². The van der Waals surface area contributed by atoms with E-state index in [1.54, 1.807) is 35.4 Å². The lowest BCUT2D eigenvalue weighted by Crippen LogP contribution is -2.50. The Morgan fingerprint density at radius 3 is 2.58 bits per heavy atom. The number of carbonyl (C=O) groups is 3. The van der Waals surface area contributed by atoms with Crippen LogP contribution in [-0.2, 0) is 4.79 Å². The van der Waals surface area contributed by atoms with Crippen LogP contribution in [0.5, 0.6) is 0 Å². The summed E-state index contributed by atoms with van der Waals surface area (Å²) in [6.45, 7) is 2.94. The van der Waals surface area contributed by atoms with Gasteiger partial charge in [-0.2, -0.15) is 0 Å². The van der Waals surface area contributed by atoms with Crippen molar-refractivity contribution in [3.8, 4) is 0 Å². The van der Waals surface area contributed by atoms with Gasteiger partial charge >= 0.3 is 0 Å². The topological polar surface area (TPSA) is 94.3 Å². The van der Waals surface area contributed by atoms with Crippen molar-refractivity contribution >= 4 is 17.7 Å². The lowest BCUT2D eigenvalue weighted by atomic mass is 9.96. The van der Waals surface area contributed by atoms with Crippen LogP contribution in [-0.4, -0.2) is 40.7 Å². The number of piperidine rings is 1. The summed E-state index contributed by atoms with van der Waals surface area (Å²) in [7, 11) is 0. The van der Waals surface area contributed by atoms with Gasteiger partial charge in [0, 0.05) is 24.8 Å². The van der Waals surface area contributed by atoms with Gasteiger partial charge < -0.3 is 9.88 Å². The van der Waals surface area contributed by atoms with Gasteiger partial charge in [0.25, 0.3) is 11.8 Å². The Morgan fingerprint density at radius 2 is 1.88 bits per heavy atom. The van der Waals surface area contributed by atoms with Crippen molar-refractivity contribution < 1.29 is 14.4 Å². The van der Waals surface area contributed by atoms with E-state index in [0.29, 0.717) is 30.8 Å². The van der Waals surface area contributed by atoms with Crippen molar-refractivity contribution in [2.24, 2.45) is 5.92 Å². The Hall–Kier alpha value is -3.09. The summed E-state index contributed by atoms with van der Waals surface area (Å²) in [6, 6.07) is 10.7. The Kier molecular flexibility index (Phi) is 5.36. The highest BCUT2D eigenvalue weighted by Crippen LogP contribution is 2.19. The Labute approximate surface area is 151 Å². The molecule has 1 atom stereocenters. The number of rotatable bonds is 3. The summed E-state index contributed by atoms with van der Waals surface area (Å²) in [5.41, 5.74) is 6.92. The van der Waals surface area contributed by atoms with E-state index < -0.39 is 5.91 Å². The second-order valence-corrected chi connectivity index (χ2v) is 6.48. The van der Waals surface area contributed by atoms with Crippen molar-refractivity contribution in [1.82, 2.24) is 20.7 Å². The van der Waals surface area contributed by atoms with Crippen molar-refractivity contribution in [2.75, 3.05) is 13.1 Å². The number of benzene rings is 1. The first-order valence-electron chi connectivity index (χ1n) is 8.64. The van der Waals surface area contributed by atoms with Crippen LogP contribution in [0.1, 0.15) is 39.3 Å². The van der Waals surface area contributed by atoms with Crippen LogP contribution in [0.15, 0.2) is 42.6 Å². The lowest BCUT2D eigenvalue weighted by Gasteiger charge is -2.32. The fourth-order valence-corrected chi connectivity index (χ4v) is 3.01. The Bertz CT molecular complexity index is 784. The summed E-state index contributed by atoms with van der Waals surface area (Å²) >= 11 is 0. The van der Waals surface area contributed by atoms with Crippen LogP contribution in [0.2, 0.25) is 0 Å².